The summed E-state index contributed by atoms with van der Waals surface area (Å²) in [5, 5.41) is 0. The van der Waals surface area contributed by atoms with E-state index >= 15 is 0 Å². The van der Waals surface area contributed by atoms with Crippen molar-refractivity contribution >= 4 is 0 Å². The topological polar surface area (TPSA) is 50.4 Å². The van der Waals surface area contributed by atoms with E-state index in [4.69, 9.17) is 9.47 Å². The minimum Gasteiger partial charge on any atom is -0.490 e. The van der Waals surface area contributed by atoms with E-state index in [1.807, 2.05) is 24.4 Å². The Hall–Kier alpha value is -1.85. The van der Waals surface area contributed by atoms with Crippen molar-refractivity contribution in [3.8, 4) is 5.75 Å². The van der Waals surface area contributed by atoms with E-state index in [0.29, 0.717) is 6.61 Å². The molecular formula is C17H23N3O2. The smallest absolute Gasteiger partial charge is 0.122 e. The maximum atomic E-state index is 6.02. The fourth-order valence-corrected chi connectivity index (χ4v) is 2.93. The van der Waals surface area contributed by atoms with Gasteiger partial charge >= 0.3 is 0 Å². The first-order valence-electron chi connectivity index (χ1n) is 7.65. The van der Waals surface area contributed by atoms with Crippen molar-refractivity contribution in [2.75, 3.05) is 26.8 Å². The number of nitrogens with one attached hydrogen (secondary N) is 1. The molecule has 22 heavy (non-hydrogen) atoms. The van der Waals surface area contributed by atoms with Gasteiger partial charge in [-0.1, -0.05) is 18.2 Å². The van der Waals surface area contributed by atoms with E-state index in [-0.39, 0.29) is 5.60 Å². The Morgan fingerprint density at radius 3 is 2.95 bits per heavy atom. The Balaban J connectivity index is 1.60. The third kappa shape index (κ3) is 3.31. The number of H-pyrrole nitrogens is 1. The average molecular weight is 301 g/mol. The number of rotatable bonds is 6. The summed E-state index contributed by atoms with van der Waals surface area (Å²) >= 11 is 0. The predicted octanol–water partition coefficient (Wildman–Crippen LogP) is 2.39. The van der Waals surface area contributed by atoms with Crippen LogP contribution in [0.15, 0.2) is 36.7 Å². The van der Waals surface area contributed by atoms with Gasteiger partial charge in [0.1, 0.15) is 23.8 Å². The number of aromatic nitrogens is 2. The highest BCUT2D eigenvalue weighted by molar-refractivity contribution is 5.31. The van der Waals surface area contributed by atoms with Gasteiger partial charge in [0.05, 0.1) is 6.54 Å². The van der Waals surface area contributed by atoms with Crippen molar-refractivity contribution in [1.82, 2.24) is 14.9 Å². The maximum Gasteiger partial charge on any atom is 0.122 e. The van der Waals surface area contributed by atoms with Crippen molar-refractivity contribution in [2.24, 2.45) is 0 Å². The second-order valence-corrected chi connectivity index (χ2v) is 5.94. The van der Waals surface area contributed by atoms with Crippen molar-refractivity contribution in [1.29, 1.82) is 0 Å². The van der Waals surface area contributed by atoms with Crippen LogP contribution in [0, 0.1) is 6.92 Å². The van der Waals surface area contributed by atoms with Crippen LogP contribution in [0.5, 0.6) is 5.75 Å². The molecule has 0 amide bonds. The summed E-state index contributed by atoms with van der Waals surface area (Å²) < 4.78 is 11.8. The Morgan fingerprint density at radius 1 is 1.36 bits per heavy atom. The van der Waals surface area contributed by atoms with Crippen molar-refractivity contribution in [3.05, 3.63) is 48.0 Å². The van der Waals surface area contributed by atoms with Gasteiger partial charge in [-0.25, -0.2) is 4.98 Å². The van der Waals surface area contributed by atoms with Gasteiger partial charge in [0.25, 0.3) is 0 Å². The molecule has 0 unspecified atom stereocenters. The molecule has 1 aliphatic heterocycles. The number of para-hydroxylation sites is 1. The lowest BCUT2D eigenvalue weighted by atomic mass is 10.0. The van der Waals surface area contributed by atoms with Crippen LogP contribution in [-0.4, -0.2) is 47.3 Å². The lowest BCUT2D eigenvalue weighted by Gasteiger charge is -2.28. The van der Waals surface area contributed by atoms with Crippen molar-refractivity contribution in [3.63, 3.8) is 0 Å². The highest BCUT2D eigenvalue weighted by atomic mass is 16.5. The summed E-state index contributed by atoms with van der Waals surface area (Å²) in [6, 6.07) is 8.09. The van der Waals surface area contributed by atoms with Crippen LogP contribution in [0.2, 0.25) is 0 Å². The Morgan fingerprint density at radius 2 is 2.23 bits per heavy atom. The number of aryl methyl sites for hydroxylation is 1. The molecule has 1 N–H and O–H groups in total. The minimum atomic E-state index is -0.241. The number of methoxy groups -OCH3 is 1. The van der Waals surface area contributed by atoms with Crippen molar-refractivity contribution < 1.29 is 9.47 Å². The molecule has 5 nitrogen and oxygen atoms in total. The van der Waals surface area contributed by atoms with Crippen LogP contribution in [0.1, 0.15) is 17.8 Å². The molecule has 1 aromatic heterocycles. The molecule has 3 rings (SSSR count). The van der Waals surface area contributed by atoms with Gasteiger partial charge in [0.15, 0.2) is 0 Å². The molecule has 0 radical (unpaired) electrons. The standard InChI is InChI=1S/C17H23N3O2/c1-14-5-3-4-6-15(14)22-13-17(21-2)7-10-20(12-17)11-16-18-8-9-19-16/h3-6,8-9H,7,10-13H2,1-2H3,(H,18,19)/t17-/m1/s1. The Kier molecular flexibility index (Phi) is 4.45. The van der Waals surface area contributed by atoms with Crippen LogP contribution in [0.3, 0.4) is 0 Å². The van der Waals surface area contributed by atoms with Gasteiger partial charge in [-0.15, -0.1) is 0 Å². The second kappa shape index (κ2) is 6.50. The highest BCUT2D eigenvalue weighted by Crippen LogP contribution is 2.28. The van der Waals surface area contributed by atoms with Gasteiger partial charge < -0.3 is 14.5 Å². The van der Waals surface area contributed by atoms with Gasteiger partial charge in [-0.2, -0.15) is 0 Å². The van der Waals surface area contributed by atoms with Gasteiger partial charge in [0.2, 0.25) is 0 Å². The van der Waals surface area contributed by atoms with Crippen LogP contribution < -0.4 is 4.74 Å². The normalized spacial score (nSPS) is 22.1. The number of nitrogens with zero attached hydrogens (tertiary/aromatic N) is 2. The van der Waals surface area contributed by atoms with E-state index in [9.17, 15) is 0 Å². The molecule has 0 aliphatic carbocycles. The summed E-state index contributed by atoms with van der Waals surface area (Å²) in [6.45, 7) is 5.31. The zero-order chi connectivity index (χ0) is 15.4. The molecule has 0 bridgehead atoms. The molecule has 2 aromatic rings. The molecule has 1 fully saturated rings. The number of likely N-dealkylation sites (tertiary alicyclic amines) is 1. The SMILES string of the molecule is CO[C@]1(COc2ccccc2C)CCN(Cc2ncc[nH]2)C1. The Labute approximate surface area is 131 Å². The molecule has 5 heteroatoms. The van der Waals surface area contributed by atoms with Gasteiger partial charge in [-0.3, -0.25) is 4.90 Å². The number of imidazole rings is 1. The minimum absolute atomic E-state index is 0.241. The number of ether oxygens (including phenoxy) is 2. The van der Waals surface area contributed by atoms with E-state index in [0.717, 1.165) is 43.2 Å². The van der Waals surface area contributed by atoms with E-state index < -0.39 is 0 Å². The summed E-state index contributed by atoms with van der Waals surface area (Å²) in [5.41, 5.74) is 0.911. The molecule has 1 aromatic carbocycles. The fraction of sp³-hybridized carbons (Fsp3) is 0.471. The quantitative estimate of drug-likeness (QED) is 0.890. The van der Waals surface area contributed by atoms with Crippen LogP contribution in [-0.2, 0) is 11.3 Å². The third-order valence-electron chi connectivity index (χ3n) is 4.34. The number of aromatic amines is 1. The molecule has 2 heterocycles. The lowest BCUT2D eigenvalue weighted by Crippen LogP contribution is -2.41. The van der Waals surface area contributed by atoms with Gasteiger partial charge in [0, 0.05) is 32.6 Å². The monoisotopic (exact) mass is 301 g/mol. The third-order valence-corrected chi connectivity index (χ3v) is 4.34. The van der Waals surface area contributed by atoms with E-state index in [1.165, 1.54) is 0 Å². The zero-order valence-corrected chi connectivity index (χ0v) is 13.2. The largest absolute Gasteiger partial charge is 0.490 e. The number of hydrogen-bond acceptors (Lipinski definition) is 4. The first kappa shape index (κ1) is 15.1. The van der Waals surface area contributed by atoms with Gasteiger partial charge in [-0.05, 0) is 25.0 Å². The molecule has 1 saturated heterocycles. The molecule has 1 atom stereocenters. The number of benzene rings is 1. The number of hydrogen-bond donors (Lipinski definition) is 1. The predicted molar refractivity (Wildman–Crippen MR) is 84.9 cm³/mol. The van der Waals surface area contributed by atoms with Crippen LogP contribution >= 0.6 is 0 Å². The summed E-state index contributed by atoms with van der Waals surface area (Å²) in [6.07, 6.45) is 4.61. The first-order chi connectivity index (χ1) is 10.7. The van der Waals surface area contributed by atoms with Crippen LogP contribution in [0.25, 0.3) is 0 Å². The average Bonchev–Trinajstić information content (AvgIpc) is 3.18. The van der Waals surface area contributed by atoms with Crippen molar-refractivity contribution in [2.45, 2.75) is 25.5 Å². The molecule has 118 valence electrons. The zero-order valence-electron chi connectivity index (χ0n) is 13.2. The highest BCUT2D eigenvalue weighted by Gasteiger charge is 2.39. The fourth-order valence-electron chi connectivity index (χ4n) is 2.93. The van der Waals surface area contributed by atoms with E-state index in [1.54, 1.807) is 13.3 Å². The Bertz CT molecular complexity index is 600. The lowest BCUT2D eigenvalue weighted by molar-refractivity contribution is -0.0361. The molecule has 0 saturated carbocycles. The second-order valence-electron chi connectivity index (χ2n) is 5.94. The van der Waals surface area contributed by atoms with E-state index in [2.05, 4.69) is 27.9 Å². The van der Waals surface area contributed by atoms with Crippen LogP contribution in [0.4, 0.5) is 0 Å². The summed E-state index contributed by atoms with van der Waals surface area (Å²) in [5.74, 6) is 1.93. The summed E-state index contributed by atoms with van der Waals surface area (Å²) in [7, 11) is 1.78. The first-order valence-corrected chi connectivity index (χ1v) is 7.65. The molecule has 1 aliphatic rings. The summed E-state index contributed by atoms with van der Waals surface area (Å²) in [4.78, 5) is 9.79. The maximum absolute atomic E-state index is 6.02. The molecule has 0 spiro atoms. The molecular weight excluding hydrogens is 278 g/mol.